The normalized spacial score (nSPS) is 14.7. The third-order valence-electron chi connectivity index (χ3n) is 5.56. The summed E-state index contributed by atoms with van der Waals surface area (Å²) < 4.78 is 0. The fourth-order valence-electron chi connectivity index (χ4n) is 4.14. The molecular weight excluding hydrogens is 673 g/mol. The quantitative estimate of drug-likeness (QED) is 0.253. The maximum Gasteiger partial charge on any atom is 3.00 e. The van der Waals surface area contributed by atoms with Gasteiger partial charge < -0.3 is 50.9 Å². The molecular formula is C25H27Br3ClGaN2. The number of piperazine rings is 1. The number of benzene rings is 3. The van der Waals surface area contributed by atoms with Crippen molar-refractivity contribution in [2.75, 3.05) is 26.2 Å². The molecule has 0 N–H and O–H groups in total. The molecule has 1 atom stereocenters. The maximum absolute atomic E-state index is 6.14. The molecule has 32 heavy (non-hydrogen) atoms. The smallest absolute Gasteiger partial charge is 1.00 e. The van der Waals surface area contributed by atoms with E-state index in [0.29, 0.717) is 0 Å². The van der Waals surface area contributed by atoms with Crippen molar-refractivity contribution < 1.29 is 50.9 Å². The molecule has 1 fully saturated rings. The molecule has 1 heterocycles. The Morgan fingerprint density at radius 2 is 1.34 bits per heavy atom. The summed E-state index contributed by atoms with van der Waals surface area (Å²) >= 11 is 6.14. The van der Waals surface area contributed by atoms with Crippen molar-refractivity contribution in [3.63, 3.8) is 0 Å². The summed E-state index contributed by atoms with van der Waals surface area (Å²) in [6, 6.07) is 28.3. The van der Waals surface area contributed by atoms with E-state index in [9.17, 15) is 0 Å². The van der Waals surface area contributed by atoms with Crippen molar-refractivity contribution in [2.45, 2.75) is 19.5 Å². The molecule has 1 aliphatic heterocycles. The van der Waals surface area contributed by atoms with Gasteiger partial charge in [-0.2, -0.15) is 0 Å². The van der Waals surface area contributed by atoms with Gasteiger partial charge in [-0.05, 0) is 35.7 Å². The molecule has 0 saturated carbocycles. The second-order valence-corrected chi connectivity index (χ2v) is 8.10. The van der Waals surface area contributed by atoms with Crippen LogP contribution >= 0.6 is 11.6 Å². The van der Waals surface area contributed by atoms with E-state index in [0.717, 1.165) is 37.7 Å². The summed E-state index contributed by atoms with van der Waals surface area (Å²) in [5, 5.41) is 0.790. The van der Waals surface area contributed by atoms with Gasteiger partial charge in [0.1, 0.15) is 0 Å². The number of halogens is 4. The topological polar surface area (TPSA) is 6.48 Å². The Balaban J connectivity index is 0.00000240. The Bertz CT molecular complexity index is 905. The van der Waals surface area contributed by atoms with Crippen LogP contribution in [0.25, 0.3) is 0 Å². The Morgan fingerprint density at radius 1 is 0.750 bits per heavy atom. The van der Waals surface area contributed by atoms with Crippen LogP contribution in [0.5, 0.6) is 0 Å². The molecule has 2 nitrogen and oxygen atoms in total. The van der Waals surface area contributed by atoms with Gasteiger partial charge in [-0.3, -0.25) is 9.80 Å². The zero-order chi connectivity index (χ0) is 19.3. The SMILES string of the molecule is Cc1cccc(CN2CCN(C(c3ccccc3)c3ccc(Cl)cc3)CC2)c1.[Br-].[Br-].[Br-].[Ga+3]. The number of rotatable bonds is 5. The van der Waals surface area contributed by atoms with Crippen LogP contribution in [0.1, 0.15) is 28.3 Å². The zero-order valence-electron chi connectivity index (χ0n) is 18.1. The summed E-state index contributed by atoms with van der Waals surface area (Å²) in [7, 11) is 0. The first-order chi connectivity index (χ1) is 13.7. The minimum atomic E-state index is 0. The molecule has 0 aliphatic carbocycles. The van der Waals surface area contributed by atoms with Crippen molar-refractivity contribution in [1.82, 2.24) is 9.80 Å². The van der Waals surface area contributed by atoms with Gasteiger partial charge in [0.25, 0.3) is 0 Å². The van der Waals surface area contributed by atoms with E-state index in [1.807, 2.05) is 12.1 Å². The molecule has 168 valence electrons. The first-order valence-electron chi connectivity index (χ1n) is 10.0. The standard InChI is InChI=1S/C25H27ClN2.3BrH.Ga/c1-20-6-5-7-21(18-20)19-27-14-16-28(17-15-27)25(22-8-3-2-4-9-22)23-10-12-24(26)13-11-23;;;;/h2-13,18,25H,14-17,19H2,1H3;3*1H;/q;;;;+3/p-3. The van der Waals surface area contributed by atoms with Gasteiger partial charge in [-0.25, -0.2) is 0 Å². The number of hydrogen-bond acceptors (Lipinski definition) is 2. The predicted octanol–water partition coefficient (Wildman–Crippen LogP) is -3.81. The molecule has 1 saturated heterocycles. The van der Waals surface area contributed by atoms with Gasteiger partial charge in [-0.15, -0.1) is 0 Å². The van der Waals surface area contributed by atoms with Crippen molar-refractivity contribution in [1.29, 1.82) is 0 Å². The number of nitrogens with zero attached hydrogens (tertiary/aromatic N) is 2. The third kappa shape index (κ3) is 8.62. The van der Waals surface area contributed by atoms with Crippen LogP contribution in [0.3, 0.4) is 0 Å². The first kappa shape index (κ1) is 31.9. The monoisotopic (exact) mass is 696 g/mol. The van der Waals surface area contributed by atoms with Gasteiger partial charge in [0, 0.05) is 37.7 Å². The van der Waals surface area contributed by atoms with E-state index < -0.39 is 0 Å². The van der Waals surface area contributed by atoms with Gasteiger partial charge in [0.2, 0.25) is 0 Å². The average molecular weight is 700 g/mol. The summed E-state index contributed by atoms with van der Waals surface area (Å²) in [6.07, 6.45) is 0. The van der Waals surface area contributed by atoms with Crippen molar-refractivity contribution in [3.8, 4) is 0 Å². The van der Waals surface area contributed by atoms with Gasteiger partial charge in [-0.1, -0.05) is 83.9 Å². The zero-order valence-corrected chi connectivity index (χ0v) is 26.0. The van der Waals surface area contributed by atoms with Crippen molar-refractivity contribution in [3.05, 3.63) is 106 Å². The van der Waals surface area contributed by atoms with Crippen LogP contribution in [-0.2, 0) is 6.54 Å². The van der Waals surface area contributed by atoms with E-state index >= 15 is 0 Å². The average Bonchev–Trinajstić information content (AvgIpc) is 2.72. The molecule has 3 aromatic carbocycles. The fourth-order valence-corrected chi connectivity index (χ4v) is 4.27. The summed E-state index contributed by atoms with van der Waals surface area (Å²) in [6.45, 7) is 7.50. The molecule has 4 rings (SSSR count). The van der Waals surface area contributed by atoms with Crippen molar-refractivity contribution in [2.24, 2.45) is 0 Å². The molecule has 7 heteroatoms. The molecule has 0 spiro atoms. The third-order valence-corrected chi connectivity index (χ3v) is 5.81. The molecule has 3 aromatic rings. The number of hydrogen-bond donors (Lipinski definition) is 0. The second-order valence-electron chi connectivity index (χ2n) is 7.67. The Morgan fingerprint density at radius 3 is 1.94 bits per heavy atom. The van der Waals surface area contributed by atoms with E-state index in [4.69, 9.17) is 11.6 Å². The second kappa shape index (κ2) is 15.8. The molecule has 0 aromatic heterocycles. The minimum absolute atomic E-state index is 0. The van der Waals surface area contributed by atoms with E-state index in [-0.39, 0.29) is 76.8 Å². The fraction of sp³-hybridized carbons (Fsp3) is 0.280. The largest absolute Gasteiger partial charge is 3.00 e. The first-order valence-corrected chi connectivity index (χ1v) is 10.4. The van der Waals surface area contributed by atoms with Gasteiger partial charge in [0.05, 0.1) is 6.04 Å². The van der Waals surface area contributed by atoms with Crippen LogP contribution in [0.4, 0.5) is 0 Å². The van der Waals surface area contributed by atoms with Gasteiger partial charge >= 0.3 is 19.8 Å². The van der Waals surface area contributed by atoms with Crippen LogP contribution < -0.4 is 50.9 Å². The van der Waals surface area contributed by atoms with Crippen molar-refractivity contribution >= 4 is 31.4 Å². The molecule has 0 amide bonds. The molecule has 0 bridgehead atoms. The Kier molecular flexibility index (Phi) is 15.7. The maximum atomic E-state index is 6.14. The number of aryl methyl sites for hydroxylation is 1. The van der Waals surface area contributed by atoms with E-state index in [1.165, 1.54) is 22.3 Å². The van der Waals surface area contributed by atoms with Crippen LogP contribution in [0.2, 0.25) is 5.02 Å². The molecule has 1 aliphatic rings. The van der Waals surface area contributed by atoms with Gasteiger partial charge in [0.15, 0.2) is 0 Å². The summed E-state index contributed by atoms with van der Waals surface area (Å²) in [4.78, 5) is 5.17. The molecule has 0 radical (unpaired) electrons. The van der Waals surface area contributed by atoms with Crippen LogP contribution in [-0.4, -0.2) is 55.8 Å². The Hall–Kier alpha value is -0.0536. The Labute approximate surface area is 242 Å². The molecule has 1 unspecified atom stereocenters. The van der Waals surface area contributed by atoms with E-state index in [2.05, 4.69) is 83.5 Å². The van der Waals surface area contributed by atoms with E-state index in [1.54, 1.807) is 0 Å². The summed E-state index contributed by atoms with van der Waals surface area (Å²) in [5.41, 5.74) is 5.40. The van der Waals surface area contributed by atoms with Crippen LogP contribution in [0.15, 0.2) is 78.9 Å². The predicted molar refractivity (Wildman–Crippen MR) is 124 cm³/mol. The summed E-state index contributed by atoms with van der Waals surface area (Å²) in [5.74, 6) is 0. The van der Waals surface area contributed by atoms with Crippen LogP contribution in [0, 0.1) is 6.92 Å². The minimum Gasteiger partial charge on any atom is -1.00 e.